The quantitative estimate of drug-likeness (QED) is 0.106. The van der Waals surface area contributed by atoms with Gasteiger partial charge in [0.05, 0.1) is 37.0 Å². The number of rotatable bonds is 13. The summed E-state index contributed by atoms with van der Waals surface area (Å²) in [6.07, 6.45) is -3.46. The molecule has 7 nitrogen and oxygen atoms in total. The van der Waals surface area contributed by atoms with Crippen molar-refractivity contribution in [3.8, 4) is 0 Å². The third-order valence-corrected chi connectivity index (χ3v) is 13.8. The van der Waals surface area contributed by atoms with Gasteiger partial charge in [0.2, 0.25) is 0 Å². The molecule has 12 heteroatoms. The van der Waals surface area contributed by atoms with Crippen LogP contribution in [0.15, 0.2) is 102 Å². The van der Waals surface area contributed by atoms with E-state index in [0.29, 0.717) is 37.7 Å². The molecule has 0 saturated carbocycles. The maximum Gasteiger partial charge on any atom is 0.416 e. The summed E-state index contributed by atoms with van der Waals surface area (Å²) in [5.41, 5.74) is 2.30. The van der Waals surface area contributed by atoms with Crippen molar-refractivity contribution < 1.29 is 31.9 Å². The van der Waals surface area contributed by atoms with E-state index >= 15 is 0 Å². The summed E-state index contributed by atoms with van der Waals surface area (Å²) >= 11 is 1.19. The Morgan fingerprint density at radius 3 is 2.12 bits per heavy atom. The lowest BCUT2D eigenvalue weighted by atomic mass is 9.82. The van der Waals surface area contributed by atoms with Gasteiger partial charge in [0.15, 0.2) is 0 Å². The second kappa shape index (κ2) is 19.1. The summed E-state index contributed by atoms with van der Waals surface area (Å²) in [7, 11) is -0.216. The van der Waals surface area contributed by atoms with Crippen molar-refractivity contribution in [2.45, 2.75) is 62.4 Å². The second-order valence-electron chi connectivity index (χ2n) is 16.0. The fourth-order valence-electron chi connectivity index (χ4n) is 7.91. The number of nitrogens with zero attached hydrogens (tertiary/aromatic N) is 3. The zero-order chi connectivity index (χ0) is 40.7. The van der Waals surface area contributed by atoms with Gasteiger partial charge in [-0.15, -0.1) is 11.8 Å². The summed E-state index contributed by atoms with van der Waals surface area (Å²) in [6, 6.07) is 30.1. The first-order chi connectivity index (χ1) is 27.2. The molecule has 4 aromatic carbocycles. The number of aryl methyl sites for hydroxylation is 1. The number of benzene rings is 4. The topological polar surface area (TPSA) is 54.5 Å². The molecule has 2 aliphatic heterocycles. The van der Waals surface area contributed by atoms with Gasteiger partial charge in [0.25, 0.3) is 14.9 Å². The maximum absolute atomic E-state index is 14.9. The highest BCUT2D eigenvalue weighted by Crippen LogP contribution is 2.36. The van der Waals surface area contributed by atoms with Gasteiger partial charge in [0, 0.05) is 63.4 Å². The average Bonchev–Trinajstić information content (AvgIpc) is 3.20. The Morgan fingerprint density at radius 1 is 0.877 bits per heavy atom. The lowest BCUT2D eigenvalue weighted by molar-refractivity contribution is -0.137. The van der Waals surface area contributed by atoms with Gasteiger partial charge in [-0.3, -0.25) is 14.6 Å². The van der Waals surface area contributed by atoms with E-state index in [1.807, 2.05) is 36.4 Å². The average molecular weight is 819 g/mol. The van der Waals surface area contributed by atoms with Gasteiger partial charge in [0.1, 0.15) is 0 Å². The van der Waals surface area contributed by atoms with E-state index in [9.17, 15) is 18.0 Å². The summed E-state index contributed by atoms with van der Waals surface area (Å²) in [4.78, 5) is 21.8. The van der Waals surface area contributed by atoms with Crippen LogP contribution < -0.4 is 10.4 Å². The summed E-state index contributed by atoms with van der Waals surface area (Å²) in [5.74, 6) is -0.429. The Labute approximate surface area is 342 Å². The van der Waals surface area contributed by atoms with Gasteiger partial charge in [-0.2, -0.15) is 13.2 Å². The molecule has 0 aromatic heterocycles. The minimum Gasteiger partial charge on any atom is -0.398 e. The molecule has 0 spiro atoms. The second-order valence-corrected chi connectivity index (χ2v) is 18.9. The number of methoxy groups -OCH3 is 1. The van der Waals surface area contributed by atoms with E-state index in [0.717, 1.165) is 59.8 Å². The van der Waals surface area contributed by atoms with Crippen LogP contribution in [0, 0.1) is 6.92 Å². The van der Waals surface area contributed by atoms with E-state index in [1.165, 1.54) is 17.3 Å². The number of carbonyl (C=O) groups excluding carboxylic acids is 1. The Morgan fingerprint density at radius 2 is 1.53 bits per heavy atom. The number of ether oxygens (including phenoxy) is 2. The fraction of sp³-hybridized carbons (Fsp3) is 0.444. The monoisotopic (exact) mass is 818 g/mol. The van der Waals surface area contributed by atoms with Crippen LogP contribution in [0.4, 0.5) is 13.2 Å². The van der Waals surface area contributed by atoms with Gasteiger partial charge >= 0.3 is 6.18 Å². The third kappa shape index (κ3) is 11.0. The molecule has 6 rings (SSSR count). The number of thioether (sulfide) groups is 1. The number of hydrogen-bond acceptors (Lipinski definition) is 7. The molecule has 1 radical (unpaired) electrons. The molecule has 0 N–H and O–H groups in total. The maximum atomic E-state index is 14.9. The van der Waals surface area contributed by atoms with Crippen LogP contribution in [0.3, 0.4) is 0 Å². The molecule has 2 aliphatic rings. The Hall–Kier alpha value is -3.49. The van der Waals surface area contributed by atoms with Crippen LogP contribution in [0.5, 0.6) is 0 Å². The molecule has 2 saturated heterocycles. The van der Waals surface area contributed by atoms with Crippen LogP contribution in [0.2, 0.25) is 0 Å². The lowest BCUT2D eigenvalue weighted by Gasteiger charge is -2.46. The molecule has 305 valence electrons. The molecule has 4 aromatic rings. The third-order valence-electron chi connectivity index (χ3n) is 10.9. The van der Waals surface area contributed by atoms with Crippen molar-refractivity contribution in [1.82, 2.24) is 14.7 Å². The van der Waals surface area contributed by atoms with Gasteiger partial charge in [-0.1, -0.05) is 99.6 Å². The molecule has 0 bridgehead atoms. The minimum absolute atomic E-state index is 0.0116. The number of amides is 1. The number of hydrogen-bond donors (Lipinski definition) is 0. The van der Waals surface area contributed by atoms with Crippen molar-refractivity contribution in [2.24, 2.45) is 0 Å². The highest BCUT2D eigenvalue weighted by Gasteiger charge is 2.41. The van der Waals surface area contributed by atoms with E-state index in [-0.39, 0.29) is 17.1 Å². The van der Waals surface area contributed by atoms with Crippen molar-refractivity contribution >= 4 is 37.1 Å². The number of halogens is 3. The number of piperazine rings is 1. The van der Waals surface area contributed by atoms with Crippen LogP contribution in [0.25, 0.3) is 0 Å². The summed E-state index contributed by atoms with van der Waals surface area (Å²) in [6.45, 7) is 14.4. The summed E-state index contributed by atoms with van der Waals surface area (Å²) < 4.78 is 61.5. The van der Waals surface area contributed by atoms with Crippen LogP contribution in [0.1, 0.15) is 59.5 Å². The van der Waals surface area contributed by atoms with E-state index in [4.69, 9.17) is 13.9 Å². The standard InChI is InChI=1S/C45H55F3N3O4SSi/c1-32-17-18-33(27-40(32)44(2,3)4)42(55-57(38-13-9-7-10-14-38)39-15-11-8-12-16-39)41-30-49(19-20-50-23-24-54-36(29-50)31-53-5)21-22-51(41)43(52)34-25-35(45(46,47)48)28-37(26-34)56-6/h7-18,25-28,36,41-42H,19-24,29-31H2,1-6H3/t36-,41+,42?/m0/s1. The molecule has 1 amide bonds. The minimum atomic E-state index is -4.60. The smallest absolute Gasteiger partial charge is 0.398 e. The van der Waals surface area contributed by atoms with Crippen LogP contribution >= 0.6 is 11.8 Å². The molecule has 0 aliphatic carbocycles. The highest BCUT2D eigenvalue weighted by atomic mass is 32.2. The van der Waals surface area contributed by atoms with Crippen molar-refractivity contribution in [3.63, 3.8) is 0 Å². The molecular formula is C45H55F3N3O4SSi. The molecule has 3 atom stereocenters. The van der Waals surface area contributed by atoms with Gasteiger partial charge < -0.3 is 18.8 Å². The van der Waals surface area contributed by atoms with E-state index in [2.05, 4.69) is 80.0 Å². The zero-order valence-corrected chi connectivity index (χ0v) is 35.7. The molecule has 2 heterocycles. The highest BCUT2D eigenvalue weighted by molar-refractivity contribution is 7.98. The predicted molar refractivity (Wildman–Crippen MR) is 224 cm³/mol. The lowest BCUT2D eigenvalue weighted by Crippen LogP contribution is -2.60. The first-order valence-electron chi connectivity index (χ1n) is 19.6. The SMILES string of the molecule is COC[C@@H]1CN(CCN2CCN(C(=O)c3cc(SC)cc(C(F)(F)F)c3)[C@@H](C(O[Si](c3ccccc3)c3ccccc3)c3ccc(C)c(C(C)(C)C)c3)C2)CCO1. The largest absolute Gasteiger partial charge is 0.416 e. The number of morpholine rings is 1. The number of alkyl halides is 3. The van der Waals surface area contributed by atoms with Crippen LogP contribution in [-0.2, 0) is 25.5 Å². The van der Waals surface area contributed by atoms with E-state index < -0.39 is 38.8 Å². The Balaban J connectivity index is 1.45. The molecule has 2 fully saturated rings. The fourth-order valence-corrected chi connectivity index (χ4v) is 10.5. The Bertz CT molecular complexity index is 1890. The van der Waals surface area contributed by atoms with Crippen LogP contribution in [-0.4, -0.2) is 114 Å². The molecule has 57 heavy (non-hydrogen) atoms. The first-order valence-corrected chi connectivity index (χ1v) is 22.3. The Kier molecular flexibility index (Phi) is 14.4. The molecule has 1 unspecified atom stereocenters. The zero-order valence-electron chi connectivity index (χ0n) is 33.9. The first kappa shape index (κ1) is 43.1. The summed E-state index contributed by atoms with van der Waals surface area (Å²) in [5, 5.41) is 2.13. The van der Waals surface area contributed by atoms with Crippen molar-refractivity contribution in [1.29, 1.82) is 0 Å². The van der Waals surface area contributed by atoms with Crippen molar-refractivity contribution in [2.75, 3.05) is 72.4 Å². The predicted octanol–water partition coefficient (Wildman–Crippen LogP) is 7.07. The van der Waals surface area contributed by atoms with Gasteiger partial charge in [-0.25, -0.2) is 0 Å². The molecular weight excluding hydrogens is 764 g/mol. The van der Waals surface area contributed by atoms with Crippen molar-refractivity contribution in [3.05, 3.63) is 125 Å². The number of carbonyl (C=O) groups is 1. The normalized spacial score (nSPS) is 19.2. The van der Waals surface area contributed by atoms with E-state index in [1.54, 1.807) is 24.3 Å². The van der Waals surface area contributed by atoms with Gasteiger partial charge in [-0.05, 0) is 63.9 Å².